The Morgan fingerprint density at radius 1 is 1.04 bits per heavy atom. The SMILES string of the molecule is CC(=O)Nc1ccc(N/C=C(/C#N)C(=O)Nc2cccc(O)c2)cc1. The molecule has 4 N–H and O–H groups in total. The first-order valence-electron chi connectivity index (χ1n) is 7.33. The molecule has 2 amide bonds. The number of rotatable bonds is 5. The van der Waals surface area contributed by atoms with Crippen LogP contribution < -0.4 is 16.0 Å². The van der Waals surface area contributed by atoms with Gasteiger partial charge in [-0.15, -0.1) is 0 Å². The molecule has 0 aliphatic rings. The van der Waals surface area contributed by atoms with Gasteiger partial charge in [-0.2, -0.15) is 5.26 Å². The van der Waals surface area contributed by atoms with Crippen molar-refractivity contribution in [3.63, 3.8) is 0 Å². The first kappa shape index (κ1) is 17.6. The lowest BCUT2D eigenvalue weighted by Crippen LogP contribution is -2.14. The second-order valence-corrected chi connectivity index (χ2v) is 5.08. The maximum Gasteiger partial charge on any atom is 0.267 e. The minimum absolute atomic E-state index is 0.0117. The molecule has 0 heterocycles. The van der Waals surface area contributed by atoms with Gasteiger partial charge in [0.15, 0.2) is 0 Å². The average Bonchev–Trinajstić information content (AvgIpc) is 2.56. The maximum atomic E-state index is 12.1. The molecule has 0 atom stereocenters. The normalized spacial score (nSPS) is 10.5. The second-order valence-electron chi connectivity index (χ2n) is 5.08. The summed E-state index contributed by atoms with van der Waals surface area (Å²) in [5, 5.41) is 26.5. The smallest absolute Gasteiger partial charge is 0.267 e. The molecule has 0 spiro atoms. The summed E-state index contributed by atoms with van der Waals surface area (Å²) in [6.07, 6.45) is 1.28. The van der Waals surface area contributed by atoms with Crippen LogP contribution in [-0.4, -0.2) is 16.9 Å². The summed E-state index contributed by atoms with van der Waals surface area (Å²) in [4.78, 5) is 23.0. The molecule has 0 saturated carbocycles. The van der Waals surface area contributed by atoms with Gasteiger partial charge in [-0.1, -0.05) is 6.07 Å². The third kappa shape index (κ3) is 5.41. The fourth-order valence-electron chi connectivity index (χ4n) is 1.94. The first-order valence-corrected chi connectivity index (χ1v) is 7.33. The highest BCUT2D eigenvalue weighted by Gasteiger charge is 2.09. The minimum atomic E-state index is -0.601. The largest absolute Gasteiger partial charge is 0.508 e. The van der Waals surface area contributed by atoms with Crippen LogP contribution in [0.15, 0.2) is 60.3 Å². The molecule has 126 valence electrons. The van der Waals surface area contributed by atoms with Crippen molar-refractivity contribution in [2.45, 2.75) is 6.92 Å². The van der Waals surface area contributed by atoms with Gasteiger partial charge in [0.05, 0.1) is 0 Å². The Hall–Kier alpha value is -3.79. The highest BCUT2D eigenvalue weighted by atomic mass is 16.3. The number of nitrogens with zero attached hydrogens (tertiary/aromatic N) is 1. The van der Waals surface area contributed by atoms with E-state index < -0.39 is 5.91 Å². The molecule has 2 rings (SSSR count). The van der Waals surface area contributed by atoms with Crippen LogP contribution in [0.1, 0.15) is 6.92 Å². The predicted octanol–water partition coefficient (Wildman–Crippen LogP) is 2.81. The number of phenolic OH excluding ortho intramolecular Hbond substituents is 1. The highest BCUT2D eigenvalue weighted by Crippen LogP contribution is 2.17. The van der Waals surface area contributed by atoms with Gasteiger partial charge in [0, 0.05) is 36.3 Å². The number of aromatic hydroxyl groups is 1. The van der Waals surface area contributed by atoms with E-state index in [0.717, 1.165) is 0 Å². The third-order valence-electron chi connectivity index (χ3n) is 3.06. The van der Waals surface area contributed by atoms with Crippen LogP contribution in [0, 0.1) is 11.3 Å². The molecule has 0 radical (unpaired) electrons. The lowest BCUT2D eigenvalue weighted by Gasteiger charge is -2.06. The Morgan fingerprint density at radius 2 is 1.72 bits per heavy atom. The van der Waals surface area contributed by atoms with Gasteiger partial charge >= 0.3 is 0 Å². The zero-order chi connectivity index (χ0) is 18.2. The van der Waals surface area contributed by atoms with Crippen molar-refractivity contribution in [1.29, 1.82) is 5.26 Å². The summed E-state index contributed by atoms with van der Waals surface area (Å²) in [6.45, 7) is 1.42. The van der Waals surface area contributed by atoms with E-state index in [1.165, 1.54) is 25.3 Å². The van der Waals surface area contributed by atoms with Gasteiger partial charge < -0.3 is 21.1 Å². The van der Waals surface area contributed by atoms with E-state index in [0.29, 0.717) is 17.1 Å². The number of nitrogens with one attached hydrogen (secondary N) is 3. The van der Waals surface area contributed by atoms with E-state index in [2.05, 4.69) is 16.0 Å². The summed E-state index contributed by atoms with van der Waals surface area (Å²) >= 11 is 0. The summed E-state index contributed by atoms with van der Waals surface area (Å²) in [5.41, 5.74) is 1.54. The van der Waals surface area contributed by atoms with Crippen LogP contribution in [-0.2, 0) is 9.59 Å². The zero-order valence-electron chi connectivity index (χ0n) is 13.4. The van der Waals surface area contributed by atoms with Crippen LogP contribution in [0.2, 0.25) is 0 Å². The molecule has 2 aromatic rings. The van der Waals surface area contributed by atoms with E-state index in [1.807, 2.05) is 6.07 Å². The molecule has 0 fully saturated rings. The average molecular weight is 336 g/mol. The highest BCUT2D eigenvalue weighted by molar-refractivity contribution is 6.06. The Kier molecular flexibility index (Phi) is 5.74. The van der Waals surface area contributed by atoms with Crippen molar-refractivity contribution in [2.24, 2.45) is 0 Å². The Balaban J connectivity index is 2.03. The van der Waals surface area contributed by atoms with Crippen molar-refractivity contribution in [2.75, 3.05) is 16.0 Å². The van der Waals surface area contributed by atoms with Crippen LogP contribution in [0.5, 0.6) is 5.75 Å². The van der Waals surface area contributed by atoms with Crippen LogP contribution in [0.4, 0.5) is 17.1 Å². The Labute approximate surface area is 144 Å². The standard InChI is InChI=1S/C18H16N4O3/c1-12(23)21-15-7-5-14(6-8-15)20-11-13(10-19)18(25)22-16-3-2-4-17(24)9-16/h2-9,11,20,24H,1H3,(H,21,23)(H,22,25)/b13-11-. The molecule has 0 aromatic heterocycles. The van der Waals surface area contributed by atoms with Crippen molar-refractivity contribution in [3.8, 4) is 11.8 Å². The lowest BCUT2D eigenvalue weighted by molar-refractivity contribution is -0.114. The van der Waals surface area contributed by atoms with Gasteiger partial charge in [-0.05, 0) is 36.4 Å². The van der Waals surface area contributed by atoms with E-state index in [9.17, 15) is 14.7 Å². The molecule has 2 aromatic carbocycles. The van der Waals surface area contributed by atoms with Gasteiger partial charge in [-0.3, -0.25) is 9.59 Å². The van der Waals surface area contributed by atoms with Crippen molar-refractivity contribution < 1.29 is 14.7 Å². The first-order chi connectivity index (χ1) is 12.0. The quantitative estimate of drug-likeness (QED) is 0.495. The molecule has 25 heavy (non-hydrogen) atoms. The fraction of sp³-hybridized carbons (Fsp3) is 0.0556. The van der Waals surface area contributed by atoms with Crippen molar-refractivity contribution in [3.05, 3.63) is 60.3 Å². The summed E-state index contributed by atoms with van der Waals surface area (Å²) in [5.74, 6) is -0.760. The van der Waals surface area contributed by atoms with E-state index in [-0.39, 0.29) is 17.2 Å². The monoisotopic (exact) mass is 336 g/mol. The molecular formula is C18H16N4O3. The summed E-state index contributed by atoms with van der Waals surface area (Å²) in [6, 6.07) is 14.6. The number of carbonyl (C=O) groups excluding carboxylic acids is 2. The van der Waals surface area contributed by atoms with Crippen molar-refractivity contribution >= 4 is 28.9 Å². The number of nitriles is 1. The Bertz CT molecular complexity index is 851. The zero-order valence-corrected chi connectivity index (χ0v) is 13.4. The fourth-order valence-corrected chi connectivity index (χ4v) is 1.94. The van der Waals surface area contributed by atoms with Gasteiger partial charge in [0.1, 0.15) is 17.4 Å². The number of phenols is 1. The number of amides is 2. The molecule has 0 bridgehead atoms. The molecule has 0 aliphatic carbocycles. The van der Waals surface area contributed by atoms with E-state index >= 15 is 0 Å². The number of benzene rings is 2. The van der Waals surface area contributed by atoms with Crippen LogP contribution >= 0.6 is 0 Å². The van der Waals surface area contributed by atoms with E-state index in [4.69, 9.17) is 5.26 Å². The lowest BCUT2D eigenvalue weighted by atomic mass is 10.2. The number of anilines is 3. The molecule has 0 saturated heterocycles. The molecule has 0 unspecified atom stereocenters. The maximum absolute atomic E-state index is 12.1. The number of hydrogen-bond donors (Lipinski definition) is 4. The second kappa shape index (κ2) is 8.17. The van der Waals surface area contributed by atoms with E-state index in [1.54, 1.807) is 36.4 Å². The minimum Gasteiger partial charge on any atom is -0.508 e. The van der Waals surface area contributed by atoms with Crippen LogP contribution in [0.25, 0.3) is 0 Å². The van der Waals surface area contributed by atoms with Crippen LogP contribution in [0.3, 0.4) is 0 Å². The summed E-state index contributed by atoms with van der Waals surface area (Å²) in [7, 11) is 0. The Morgan fingerprint density at radius 3 is 2.32 bits per heavy atom. The van der Waals surface area contributed by atoms with Gasteiger partial charge in [0.2, 0.25) is 5.91 Å². The molecule has 7 nitrogen and oxygen atoms in total. The van der Waals surface area contributed by atoms with Gasteiger partial charge in [0.25, 0.3) is 5.91 Å². The number of carbonyl (C=O) groups is 2. The third-order valence-corrected chi connectivity index (χ3v) is 3.06. The molecule has 7 heteroatoms. The summed E-state index contributed by atoms with van der Waals surface area (Å²) < 4.78 is 0. The molecule has 0 aliphatic heterocycles. The predicted molar refractivity (Wildman–Crippen MR) is 94.8 cm³/mol. The van der Waals surface area contributed by atoms with Crippen molar-refractivity contribution in [1.82, 2.24) is 0 Å². The number of hydrogen-bond acceptors (Lipinski definition) is 5. The topological polar surface area (TPSA) is 114 Å². The van der Waals surface area contributed by atoms with Gasteiger partial charge in [-0.25, -0.2) is 0 Å². The molecular weight excluding hydrogens is 320 g/mol.